The maximum Gasteiger partial charge on any atom is 0.121 e. The summed E-state index contributed by atoms with van der Waals surface area (Å²) in [6.45, 7) is 8.89. The van der Waals surface area contributed by atoms with Gasteiger partial charge in [-0.25, -0.2) is 0 Å². The Kier molecular flexibility index (Phi) is 3.79. The van der Waals surface area contributed by atoms with Gasteiger partial charge in [-0.2, -0.15) is 0 Å². The number of phenols is 1. The molecule has 0 aliphatic heterocycles. The molecule has 0 unspecified atom stereocenters. The van der Waals surface area contributed by atoms with Gasteiger partial charge in [-0.3, -0.25) is 0 Å². The molecule has 0 fully saturated rings. The SMILES string of the molecule is Cc1cccc(NCc2cc(C)c(O)c(C)c2)c1C. The third kappa shape index (κ3) is 2.90. The number of aryl methyl sites for hydroxylation is 3. The smallest absolute Gasteiger partial charge is 0.121 e. The molecule has 0 saturated heterocycles. The van der Waals surface area contributed by atoms with Crippen molar-refractivity contribution in [3.8, 4) is 5.75 Å². The van der Waals surface area contributed by atoms with Crippen LogP contribution in [0.15, 0.2) is 30.3 Å². The zero-order valence-electron chi connectivity index (χ0n) is 12.0. The topological polar surface area (TPSA) is 32.3 Å². The van der Waals surface area contributed by atoms with Crippen LogP contribution in [0.5, 0.6) is 5.75 Å². The molecule has 2 N–H and O–H groups in total. The van der Waals surface area contributed by atoms with Gasteiger partial charge >= 0.3 is 0 Å². The minimum Gasteiger partial charge on any atom is -0.507 e. The number of rotatable bonds is 3. The average molecular weight is 255 g/mol. The first-order valence-electron chi connectivity index (χ1n) is 6.58. The summed E-state index contributed by atoms with van der Waals surface area (Å²) in [5.74, 6) is 0.399. The number of benzene rings is 2. The summed E-state index contributed by atoms with van der Waals surface area (Å²) in [7, 11) is 0. The second-order valence-electron chi connectivity index (χ2n) is 5.18. The van der Waals surface area contributed by atoms with Crippen LogP contribution in [0.4, 0.5) is 5.69 Å². The van der Waals surface area contributed by atoms with Gasteiger partial charge in [0.25, 0.3) is 0 Å². The second kappa shape index (κ2) is 5.35. The summed E-state index contributed by atoms with van der Waals surface area (Å²) in [6, 6.07) is 10.3. The van der Waals surface area contributed by atoms with Gasteiger partial charge in [-0.05, 0) is 61.6 Å². The lowest BCUT2D eigenvalue weighted by Crippen LogP contribution is -2.02. The molecule has 19 heavy (non-hydrogen) atoms. The monoisotopic (exact) mass is 255 g/mol. The van der Waals surface area contributed by atoms with E-state index >= 15 is 0 Å². The summed E-state index contributed by atoms with van der Waals surface area (Å²) in [6.07, 6.45) is 0. The van der Waals surface area contributed by atoms with Crippen molar-refractivity contribution in [1.82, 2.24) is 0 Å². The lowest BCUT2D eigenvalue weighted by atomic mass is 10.0. The van der Waals surface area contributed by atoms with Crippen molar-refractivity contribution in [2.75, 3.05) is 5.32 Å². The zero-order valence-corrected chi connectivity index (χ0v) is 12.0. The first-order chi connectivity index (χ1) is 8.99. The summed E-state index contributed by atoms with van der Waals surface area (Å²) >= 11 is 0. The van der Waals surface area contributed by atoms with Crippen LogP contribution >= 0.6 is 0 Å². The standard InChI is InChI=1S/C17H21NO/c1-11-6-5-7-16(14(11)4)18-10-15-8-12(2)17(19)13(3)9-15/h5-9,18-19H,10H2,1-4H3. The second-order valence-corrected chi connectivity index (χ2v) is 5.18. The van der Waals surface area contributed by atoms with E-state index in [1.54, 1.807) is 0 Å². The molecule has 2 rings (SSSR count). The Bertz CT molecular complexity index is 579. The molecule has 2 aromatic rings. The van der Waals surface area contributed by atoms with Crippen molar-refractivity contribution in [3.05, 3.63) is 58.1 Å². The maximum atomic E-state index is 9.78. The van der Waals surface area contributed by atoms with E-state index in [0.717, 1.165) is 17.7 Å². The predicted octanol–water partition coefficient (Wildman–Crippen LogP) is 4.24. The summed E-state index contributed by atoms with van der Waals surface area (Å²) in [5.41, 5.74) is 6.80. The number of aromatic hydroxyl groups is 1. The predicted molar refractivity (Wildman–Crippen MR) is 80.8 cm³/mol. The summed E-state index contributed by atoms with van der Waals surface area (Å²) in [5, 5.41) is 13.2. The van der Waals surface area contributed by atoms with Crippen LogP contribution in [-0.2, 0) is 6.54 Å². The van der Waals surface area contributed by atoms with Gasteiger partial charge in [0.1, 0.15) is 5.75 Å². The molecular formula is C17H21NO. The van der Waals surface area contributed by atoms with Crippen molar-refractivity contribution < 1.29 is 5.11 Å². The van der Waals surface area contributed by atoms with Crippen LogP contribution in [-0.4, -0.2) is 5.11 Å². The number of phenolic OH excluding ortho intramolecular Hbond substituents is 1. The third-order valence-corrected chi connectivity index (χ3v) is 3.64. The largest absolute Gasteiger partial charge is 0.507 e. The molecule has 0 aliphatic rings. The van der Waals surface area contributed by atoms with Gasteiger partial charge in [-0.1, -0.05) is 24.3 Å². The van der Waals surface area contributed by atoms with Crippen molar-refractivity contribution in [2.45, 2.75) is 34.2 Å². The van der Waals surface area contributed by atoms with E-state index in [1.807, 2.05) is 26.0 Å². The van der Waals surface area contributed by atoms with Crippen LogP contribution < -0.4 is 5.32 Å². The third-order valence-electron chi connectivity index (χ3n) is 3.64. The highest BCUT2D eigenvalue weighted by molar-refractivity contribution is 5.54. The fraction of sp³-hybridized carbons (Fsp3) is 0.294. The van der Waals surface area contributed by atoms with E-state index in [2.05, 4.69) is 37.4 Å². The molecule has 0 aromatic heterocycles. The van der Waals surface area contributed by atoms with Crippen LogP contribution in [0.2, 0.25) is 0 Å². The Labute approximate surface area is 115 Å². The normalized spacial score (nSPS) is 10.5. The fourth-order valence-corrected chi connectivity index (χ4v) is 2.29. The van der Waals surface area contributed by atoms with Gasteiger partial charge in [0.15, 0.2) is 0 Å². The zero-order chi connectivity index (χ0) is 14.0. The number of hydrogen-bond donors (Lipinski definition) is 2. The van der Waals surface area contributed by atoms with Crippen LogP contribution in [0.1, 0.15) is 27.8 Å². The number of anilines is 1. The first-order valence-corrected chi connectivity index (χ1v) is 6.58. The minimum absolute atomic E-state index is 0.399. The van der Waals surface area contributed by atoms with Gasteiger partial charge in [0.05, 0.1) is 0 Å². The molecule has 0 spiro atoms. The van der Waals surface area contributed by atoms with E-state index in [-0.39, 0.29) is 0 Å². The Balaban J connectivity index is 2.17. The van der Waals surface area contributed by atoms with Gasteiger partial charge in [0, 0.05) is 12.2 Å². The van der Waals surface area contributed by atoms with Gasteiger partial charge in [-0.15, -0.1) is 0 Å². The number of nitrogens with one attached hydrogen (secondary N) is 1. The van der Waals surface area contributed by atoms with E-state index in [1.165, 1.54) is 22.4 Å². The van der Waals surface area contributed by atoms with Crippen molar-refractivity contribution in [1.29, 1.82) is 0 Å². The van der Waals surface area contributed by atoms with E-state index in [0.29, 0.717) is 5.75 Å². The molecule has 0 atom stereocenters. The van der Waals surface area contributed by atoms with Crippen LogP contribution in [0, 0.1) is 27.7 Å². The fourth-order valence-electron chi connectivity index (χ4n) is 2.29. The molecule has 0 saturated carbocycles. The Morgan fingerprint density at radius 1 is 0.947 bits per heavy atom. The summed E-state index contributed by atoms with van der Waals surface area (Å²) in [4.78, 5) is 0. The molecule has 2 heteroatoms. The molecule has 2 aromatic carbocycles. The number of hydrogen-bond acceptors (Lipinski definition) is 2. The molecule has 0 amide bonds. The highest BCUT2D eigenvalue weighted by Gasteiger charge is 2.04. The molecule has 0 radical (unpaired) electrons. The average Bonchev–Trinajstić information content (AvgIpc) is 2.37. The van der Waals surface area contributed by atoms with Crippen LogP contribution in [0.3, 0.4) is 0 Å². The highest BCUT2D eigenvalue weighted by Crippen LogP contribution is 2.24. The van der Waals surface area contributed by atoms with E-state index in [9.17, 15) is 5.11 Å². The Morgan fingerprint density at radius 2 is 1.58 bits per heavy atom. The van der Waals surface area contributed by atoms with E-state index < -0.39 is 0 Å². The minimum atomic E-state index is 0.399. The molecule has 0 bridgehead atoms. The first kappa shape index (κ1) is 13.5. The quantitative estimate of drug-likeness (QED) is 0.860. The highest BCUT2D eigenvalue weighted by atomic mass is 16.3. The van der Waals surface area contributed by atoms with Crippen molar-refractivity contribution >= 4 is 5.69 Å². The van der Waals surface area contributed by atoms with E-state index in [4.69, 9.17) is 0 Å². The van der Waals surface area contributed by atoms with Crippen molar-refractivity contribution in [2.24, 2.45) is 0 Å². The lowest BCUT2D eigenvalue weighted by Gasteiger charge is -2.13. The Hall–Kier alpha value is -1.96. The maximum absolute atomic E-state index is 9.78. The Morgan fingerprint density at radius 3 is 2.21 bits per heavy atom. The summed E-state index contributed by atoms with van der Waals surface area (Å²) < 4.78 is 0. The van der Waals surface area contributed by atoms with Gasteiger partial charge < -0.3 is 10.4 Å². The molecular weight excluding hydrogens is 234 g/mol. The molecule has 2 nitrogen and oxygen atoms in total. The van der Waals surface area contributed by atoms with Gasteiger partial charge in [0.2, 0.25) is 0 Å². The van der Waals surface area contributed by atoms with Crippen LogP contribution in [0.25, 0.3) is 0 Å². The van der Waals surface area contributed by atoms with Crippen molar-refractivity contribution in [3.63, 3.8) is 0 Å². The lowest BCUT2D eigenvalue weighted by molar-refractivity contribution is 0.466. The molecule has 0 heterocycles. The molecule has 0 aliphatic carbocycles. The molecule has 100 valence electrons.